The third kappa shape index (κ3) is 5.39. The summed E-state index contributed by atoms with van der Waals surface area (Å²) in [6.07, 6.45) is 1.58. The highest BCUT2D eigenvalue weighted by molar-refractivity contribution is 5.75. The maximum atomic E-state index is 13.2. The van der Waals surface area contributed by atoms with E-state index in [0.717, 1.165) is 24.6 Å². The zero-order valence-corrected chi connectivity index (χ0v) is 12.4. The summed E-state index contributed by atoms with van der Waals surface area (Å²) in [7, 11) is 0. The standard InChI is InChI=1S/C15H18F2N2O4/c16-9-6-10(17)8-11(7-9)23-13-3-1-2-12(13)19-15(22)18-5-4-14(20)21/h6-8,12-13H,1-5H2,(H,20,21)(H2,18,19,22)/t12-,13+/m0/s1. The van der Waals surface area contributed by atoms with E-state index in [-0.39, 0.29) is 30.9 Å². The van der Waals surface area contributed by atoms with Crippen LogP contribution in [0.3, 0.4) is 0 Å². The molecule has 0 aromatic heterocycles. The molecule has 6 nitrogen and oxygen atoms in total. The smallest absolute Gasteiger partial charge is 0.315 e. The third-order valence-electron chi connectivity index (χ3n) is 3.52. The van der Waals surface area contributed by atoms with E-state index in [0.29, 0.717) is 12.8 Å². The third-order valence-corrected chi connectivity index (χ3v) is 3.52. The van der Waals surface area contributed by atoms with Crippen LogP contribution in [0.25, 0.3) is 0 Å². The molecular formula is C15H18F2N2O4. The van der Waals surface area contributed by atoms with E-state index < -0.39 is 23.6 Å². The van der Waals surface area contributed by atoms with E-state index in [4.69, 9.17) is 9.84 Å². The summed E-state index contributed by atoms with van der Waals surface area (Å²) >= 11 is 0. The lowest BCUT2D eigenvalue weighted by Gasteiger charge is -2.22. The lowest BCUT2D eigenvalue weighted by Crippen LogP contribution is -2.47. The Hall–Kier alpha value is -2.38. The molecule has 0 spiro atoms. The Morgan fingerprint density at radius 1 is 1.22 bits per heavy atom. The van der Waals surface area contributed by atoms with E-state index in [1.54, 1.807) is 0 Å². The molecule has 8 heteroatoms. The molecule has 0 radical (unpaired) electrons. The minimum absolute atomic E-state index is 0.0223. The van der Waals surface area contributed by atoms with Gasteiger partial charge in [0, 0.05) is 24.7 Å². The van der Waals surface area contributed by atoms with Gasteiger partial charge < -0.3 is 20.5 Å². The summed E-state index contributed by atoms with van der Waals surface area (Å²) in [6.45, 7) is 0.0223. The SMILES string of the molecule is O=C(O)CCNC(=O)N[C@H]1CCC[C@H]1Oc1cc(F)cc(F)c1. The van der Waals surface area contributed by atoms with Gasteiger partial charge in [-0.15, -0.1) is 0 Å². The van der Waals surface area contributed by atoms with Crippen molar-refractivity contribution in [3.63, 3.8) is 0 Å². The molecular weight excluding hydrogens is 310 g/mol. The molecule has 23 heavy (non-hydrogen) atoms. The Balaban J connectivity index is 1.87. The Morgan fingerprint density at radius 2 is 1.91 bits per heavy atom. The molecule has 1 aromatic rings. The van der Waals surface area contributed by atoms with Crippen molar-refractivity contribution in [3.05, 3.63) is 29.8 Å². The first-order valence-corrected chi connectivity index (χ1v) is 7.33. The Labute approximate surface area is 131 Å². The lowest BCUT2D eigenvalue weighted by molar-refractivity contribution is -0.136. The van der Waals surface area contributed by atoms with Gasteiger partial charge in [-0.1, -0.05) is 0 Å². The average molecular weight is 328 g/mol. The molecule has 2 amide bonds. The van der Waals surface area contributed by atoms with Crippen LogP contribution in [0.1, 0.15) is 25.7 Å². The zero-order valence-electron chi connectivity index (χ0n) is 12.4. The fraction of sp³-hybridized carbons (Fsp3) is 0.467. The number of carbonyl (C=O) groups excluding carboxylic acids is 1. The van der Waals surface area contributed by atoms with Crippen molar-refractivity contribution in [1.82, 2.24) is 10.6 Å². The molecule has 126 valence electrons. The monoisotopic (exact) mass is 328 g/mol. The second-order valence-electron chi connectivity index (χ2n) is 5.34. The van der Waals surface area contributed by atoms with Crippen molar-refractivity contribution >= 4 is 12.0 Å². The molecule has 2 rings (SSSR count). The van der Waals surface area contributed by atoms with Crippen molar-refractivity contribution in [2.45, 2.75) is 37.8 Å². The van der Waals surface area contributed by atoms with Crippen LogP contribution < -0.4 is 15.4 Å². The highest BCUT2D eigenvalue weighted by Crippen LogP contribution is 2.25. The minimum atomic E-state index is -1.000. The first-order chi connectivity index (χ1) is 10.9. The summed E-state index contributed by atoms with van der Waals surface area (Å²) in [5.74, 6) is -2.38. The number of aliphatic carboxylic acids is 1. The van der Waals surface area contributed by atoms with Gasteiger partial charge in [0.25, 0.3) is 0 Å². The maximum absolute atomic E-state index is 13.2. The van der Waals surface area contributed by atoms with Gasteiger partial charge in [0.2, 0.25) is 0 Å². The topological polar surface area (TPSA) is 87.7 Å². The Kier molecular flexibility index (Phi) is 5.72. The molecule has 0 aliphatic heterocycles. The van der Waals surface area contributed by atoms with Gasteiger partial charge in [0.15, 0.2) is 0 Å². The average Bonchev–Trinajstić information content (AvgIpc) is 2.84. The number of benzene rings is 1. The Morgan fingerprint density at radius 3 is 2.57 bits per heavy atom. The van der Waals surface area contributed by atoms with Crippen LogP contribution in [0.15, 0.2) is 18.2 Å². The van der Waals surface area contributed by atoms with Crippen LogP contribution >= 0.6 is 0 Å². The number of hydrogen-bond acceptors (Lipinski definition) is 3. The summed E-state index contributed by atoms with van der Waals surface area (Å²) in [6, 6.07) is 2.15. The van der Waals surface area contributed by atoms with Gasteiger partial charge in [0.05, 0.1) is 12.5 Å². The van der Waals surface area contributed by atoms with Crippen molar-refractivity contribution < 1.29 is 28.2 Å². The second kappa shape index (κ2) is 7.75. The zero-order chi connectivity index (χ0) is 16.8. The van der Waals surface area contributed by atoms with Crippen LogP contribution in [-0.2, 0) is 4.79 Å². The lowest BCUT2D eigenvalue weighted by atomic mass is 10.2. The Bertz CT molecular complexity index is 562. The number of hydrogen-bond donors (Lipinski definition) is 3. The van der Waals surface area contributed by atoms with Gasteiger partial charge in [-0.25, -0.2) is 13.6 Å². The van der Waals surface area contributed by atoms with Gasteiger partial charge in [0.1, 0.15) is 23.5 Å². The molecule has 1 saturated carbocycles. The predicted octanol–water partition coefficient (Wildman–Crippen LogP) is 2.04. The highest BCUT2D eigenvalue weighted by atomic mass is 19.1. The molecule has 0 heterocycles. The molecule has 0 saturated heterocycles. The van der Waals surface area contributed by atoms with Gasteiger partial charge in [-0.3, -0.25) is 4.79 Å². The maximum Gasteiger partial charge on any atom is 0.315 e. The second-order valence-corrected chi connectivity index (χ2v) is 5.34. The molecule has 3 N–H and O–H groups in total. The first-order valence-electron chi connectivity index (χ1n) is 7.33. The number of nitrogens with one attached hydrogen (secondary N) is 2. The number of urea groups is 1. The molecule has 1 aliphatic carbocycles. The largest absolute Gasteiger partial charge is 0.488 e. The molecule has 1 fully saturated rings. The van der Waals surface area contributed by atoms with E-state index in [1.165, 1.54) is 0 Å². The van der Waals surface area contributed by atoms with Gasteiger partial charge in [-0.2, -0.15) is 0 Å². The number of rotatable bonds is 6. The first kappa shape index (κ1) is 17.0. The van der Waals surface area contributed by atoms with Crippen molar-refractivity contribution in [2.24, 2.45) is 0 Å². The van der Waals surface area contributed by atoms with E-state index >= 15 is 0 Å². The highest BCUT2D eigenvalue weighted by Gasteiger charge is 2.30. The van der Waals surface area contributed by atoms with Crippen molar-refractivity contribution in [2.75, 3.05) is 6.54 Å². The fourth-order valence-electron chi connectivity index (χ4n) is 2.51. The van der Waals surface area contributed by atoms with Crippen LogP contribution in [0.4, 0.5) is 13.6 Å². The van der Waals surface area contributed by atoms with Gasteiger partial charge >= 0.3 is 12.0 Å². The van der Waals surface area contributed by atoms with E-state index in [1.807, 2.05) is 0 Å². The number of amides is 2. The van der Waals surface area contributed by atoms with Gasteiger partial charge in [-0.05, 0) is 19.3 Å². The summed E-state index contributed by atoms with van der Waals surface area (Å²) in [4.78, 5) is 22.1. The summed E-state index contributed by atoms with van der Waals surface area (Å²) in [5, 5.41) is 13.6. The normalized spacial score (nSPS) is 20.1. The predicted molar refractivity (Wildman–Crippen MR) is 77.2 cm³/mol. The number of carboxylic acids is 1. The summed E-state index contributed by atoms with van der Waals surface area (Å²) < 4.78 is 31.9. The number of carbonyl (C=O) groups is 2. The molecule has 1 aliphatic rings. The van der Waals surface area contributed by atoms with Crippen LogP contribution in [0.5, 0.6) is 5.75 Å². The molecule has 0 bridgehead atoms. The molecule has 0 unspecified atom stereocenters. The van der Waals surface area contributed by atoms with E-state index in [9.17, 15) is 18.4 Å². The molecule has 2 atom stereocenters. The van der Waals surface area contributed by atoms with E-state index in [2.05, 4.69) is 10.6 Å². The quantitative estimate of drug-likeness (QED) is 0.746. The fourth-order valence-corrected chi connectivity index (χ4v) is 2.51. The number of halogens is 2. The molecule has 1 aromatic carbocycles. The number of ether oxygens (including phenoxy) is 1. The van der Waals surface area contributed by atoms with Crippen LogP contribution in [-0.4, -0.2) is 35.8 Å². The summed E-state index contributed by atoms with van der Waals surface area (Å²) in [5.41, 5.74) is 0. The minimum Gasteiger partial charge on any atom is -0.488 e. The van der Waals surface area contributed by atoms with Crippen molar-refractivity contribution in [1.29, 1.82) is 0 Å². The van der Waals surface area contributed by atoms with Crippen LogP contribution in [0, 0.1) is 11.6 Å². The number of carboxylic acid groups (broad SMARTS) is 1. The van der Waals surface area contributed by atoms with Crippen LogP contribution in [0.2, 0.25) is 0 Å². The van der Waals surface area contributed by atoms with Crippen molar-refractivity contribution in [3.8, 4) is 5.75 Å².